The Balaban J connectivity index is 1.30. The molecule has 0 saturated heterocycles. The number of fused-ring (bicyclic) bond motifs is 7. The summed E-state index contributed by atoms with van der Waals surface area (Å²) in [6.45, 7) is 16.2. The zero-order valence-electron chi connectivity index (χ0n) is 27.7. The minimum atomic E-state index is -0.0414. The largest absolute Gasteiger partial charge is 0.329 e. The highest BCUT2D eigenvalue weighted by Gasteiger charge is 2.43. The van der Waals surface area contributed by atoms with Crippen molar-refractivity contribution < 1.29 is 0 Å². The van der Waals surface area contributed by atoms with Gasteiger partial charge in [-0.2, -0.15) is 5.26 Å². The average Bonchev–Trinajstić information content (AvgIpc) is 3.55. The molecule has 238 valence electrons. The highest BCUT2D eigenvalue weighted by molar-refractivity contribution is 7.00. The maximum absolute atomic E-state index is 9.87. The zero-order chi connectivity index (χ0) is 34.9. The van der Waals surface area contributed by atoms with Gasteiger partial charge >= 0.3 is 0 Å². The van der Waals surface area contributed by atoms with Gasteiger partial charge in [-0.05, 0) is 93.9 Å². The normalized spacial score (nSPS) is 12.4. The van der Waals surface area contributed by atoms with Gasteiger partial charge in [0.2, 0.25) is 11.4 Å². The van der Waals surface area contributed by atoms with E-state index in [1.807, 2.05) is 34.9 Å². The summed E-state index contributed by atoms with van der Waals surface area (Å²) < 4.78 is 2.05. The number of hydrogen-bond acceptors (Lipinski definition) is 3. The molecule has 0 unspecified atom stereocenters. The molecule has 10 rings (SSSR count). The fraction of sp³-hybridized carbons (Fsp3) is 0. The first-order valence-corrected chi connectivity index (χ1v) is 17.0. The van der Waals surface area contributed by atoms with Gasteiger partial charge in [-0.25, -0.2) is 9.69 Å². The number of nitriles is 1. The maximum atomic E-state index is 9.87. The van der Waals surface area contributed by atoms with Crippen molar-refractivity contribution in [2.75, 3.05) is 9.80 Å². The lowest BCUT2D eigenvalue weighted by atomic mass is 9.33. The first kappa shape index (κ1) is 29.4. The second-order valence-electron chi connectivity index (χ2n) is 13.0. The molecule has 0 fully saturated rings. The number of nitrogens with zero attached hydrogens (tertiary/aromatic N) is 6. The Morgan fingerprint density at radius 1 is 0.500 bits per heavy atom. The first-order valence-electron chi connectivity index (χ1n) is 17.0. The van der Waals surface area contributed by atoms with Crippen LogP contribution in [0.15, 0.2) is 152 Å². The first-order chi connectivity index (χ1) is 25.7. The van der Waals surface area contributed by atoms with Crippen molar-refractivity contribution in [2.45, 2.75) is 0 Å². The molecule has 7 aromatic carbocycles. The van der Waals surface area contributed by atoms with Crippen LogP contribution in [0.5, 0.6) is 0 Å². The summed E-state index contributed by atoms with van der Waals surface area (Å²) in [4.78, 5) is 12.6. The van der Waals surface area contributed by atoms with Crippen molar-refractivity contribution in [1.29, 1.82) is 5.26 Å². The summed E-state index contributed by atoms with van der Waals surface area (Å²) in [6, 6.07) is 54.2. The molecule has 6 nitrogen and oxygen atoms in total. The van der Waals surface area contributed by atoms with E-state index >= 15 is 0 Å². The Kier molecular flexibility index (Phi) is 6.36. The van der Waals surface area contributed by atoms with E-state index in [1.165, 1.54) is 10.9 Å². The third-order valence-corrected chi connectivity index (χ3v) is 10.4. The molecule has 0 atom stereocenters. The number of para-hydroxylation sites is 4. The summed E-state index contributed by atoms with van der Waals surface area (Å²) in [6.07, 6.45) is 0. The van der Waals surface area contributed by atoms with Gasteiger partial charge in [0.25, 0.3) is 6.71 Å². The van der Waals surface area contributed by atoms with E-state index < -0.39 is 0 Å². The molecule has 1 aromatic heterocycles. The van der Waals surface area contributed by atoms with Crippen molar-refractivity contribution in [3.63, 3.8) is 0 Å². The molecule has 7 heteroatoms. The highest BCUT2D eigenvalue weighted by atomic mass is 15.2. The van der Waals surface area contributed by atoms with Crippen LogP contribution in [0, 0.1) is 24.5 Å². The molecule has 2 aliphatic rings. The number of benzene rings is 7. The molecule has 0 saturated carbocycles. The summed E-state index contributed by atoms with van der Waals surface area (Å²) >= 11 is 0. The SMILES string of the molecule is [C-]#[N+]c1cccc2c3cc(C#N)cc([N+]#[C-])c3n(-c3ccc4c(c3)N(c3ccccc3)c3cccc5c3B4c3ccccc3N5c3ccccc3)c12. The highest BCUT2D eigenvalue weighted by Crippen LogP contribution is 2.46. The van der Waals surface area contributed by atoms with Crippen LogP contribution in [0.1, 0.15) is 5.56 Å². The number of anilines is 6. The Labute approximate surface area is 301 Å². The van der Waals surface area contributed by atoms with E-state index in [1.54, 1.807) is 6.07 Å². The fourth-order valence-electron chi connectivity index (χ4n) is 8.37. The van der Waals surface area contributed by atoms with Crippen LogP contribution in [-0.4, -0.2) is 11.3 Å². The smallest absolute Gasteiger partial charge is 0.252 e. The predicted molar refractivity (Wildman–Crippen MR) is 212 cm³/mol. The third kappa shape index (κ3) is 4.04. The van der Waals surface area contributed by atoms with Crippen LogP contribution >= 0.6 is 0 Å². The Morgan fingerprint density at radius 3 is 1.79 bits per heavy atom. The van der Waals surface area contributed by atoms with E-state index in [0.29, 0.717) is 22.5 Å². The van der Waals surface area contributed by atoms with Gasteiger partial charge in [-0.3, -0.25) is 0 Å². The predicted octanol–water partition coefficient (Wildman–Crippen LogP) is 9.84. The lowest BCUT2D eigenvalue weighted by Gasteiger charge is -2.44. The molecule has 8 aromatic rings. The van der Waals surface area contributed by atoms with Crippen LogP contribution < -0.4 is 26.2 Å². The molecule has 52 heavy (non-hydrogen) atoms. The van der Waals surface area contributed by atoms with Crippen molar-refractivity contribution in [3.8, 4) is 11.8 Å². The van der Waals surface area contributed by atoms with Gasteiger partial charge in [0.1, 0.15) is 0 Å². The van der Waals surface area contributed by atoms with E-state index in [2.05, 4.69) is 141 Å². The topological polar surface area (TPSA) is 43.9 Å². The molecule has 2 aliphatic heterocycles. The van der Waals surface area contributed by atoms with Crippen LogP contribution in [-0.2, 0) is 0 Å². The zero-order valence-corrected chi connectivity index (χ0v) is 27.7. The van der Waals surface area contributed by atoms with Crippen molar-refractivity contribution in [1.82, 2.24) is 4.57 Å². The summed E-state index contributed by atoms with van der Waals surface area (Å²) in [5.74, 6) is 0. The molecule has 0 amide bonds. The third-order valence-electron chi connectivity index (χ3n) is 10.4. The van der Waals surface area contributed by atoms with Crippen molar-refractivity contribution in [2.24, 2.45) is 0 Å². The monoisotopic (exact) mass is 660 g/mol. The van der Waals surface area contributed by atoms with E-state index in [4.69, 9.17) is 13.1 Å². The number of aromatic nitrogens is 1. The second kappa shape index (κ2) is 11.3. The Morgan fingerprint density at radius 2 is 1.10 bits per heavy atom. The van der Waals surface area contributed by atoms with Gasteiger partial charge < -0.3 is 14.4 Å². The minimum Gasteiger partial charge on any atom is -0.329 e. The Hall–Kier alpha value is -7.53. The standard InChI is InChI=1S/C45H25BN6/c1-48-37-19-11-17-33-34-25-29(28-47)26-38(49-2)45(34)52(44(33)37)32-23-24-36-42(27-32)51(31-15-7-4-8-16-31)41-22-12-21-40-43(41)46(36)35-18-9-10-20-39(35)50(40)30-13-5-3-6-14-30/h3-27H. The lowest BCUT2D eigenvalue weighted by Crippen LogP contribution is -2.61. The molecule has 0 aliphatic carbocycles. The minimum absolute atomic E-state index is 0.0414. The van der Waals surface area contributed by atoms with Gasteiger partial charge in [0.05, 0.1) is 30.2 Å². The molecule has 0 bridgehead atoms. The average molecular weight is 661 g/mol. The molecule has 0 spiro atoms. The van der Waals surface area contributed by atoms with Crippen LogP contribution in [0.3, 0.4) is 0 Å². The summed E-state index contributed by atoms with van der Waals surface area (Å²) in [7, 11) is 0. The van der Waals surface area contributed by atoms with Crippen molar-refractivity contribution >= 4 is 90.4 Å². The van der Waals surface area contributed by atoms with E-state index in [0.717, 1.165) is 61.6 Å². The number of hydrogen-bond donors (Lipinski definition) is 0. The summed E-state index contributed by atoms with van der Waals surface area (Å²) in [5.41, 5.74) is 13.7. The van der Waals surface area contributed by atoms with Crippen molar-refractivity contribution in [3.05, 3.63) is 180 Å². The molecular weight excluding hydrogens is 635 g/mol. The molecule has 0 radical (unpaired) electrons. The lowest BCUT2D eigenvalue weighted by molar-refractivity contribution is 1.17. The Bertz CT molecular complexity index is 2910. The van der Waals surface area contributed by atoms with Gasteiger partial charge in [0.15, 0.2) is 0 Å². The molecule has 0 N–H and O–H groups in total. The molecular formula is C45H25BN6. The van der Waals surface area contributed by atoms with Gasteiger partial charge in [-0.15, -0.1) is 0 Å². The van der Waals surface area contributed by atoms with Crippen LogP contribution in [0.4, 0.5) is 45.5 Å². The quantitative estimate of drug-likeness (QED) is 0.140. The molecule has 3 heterocycles. The van der Waals surface area contributed by atoms with Gasteiger partial charge in [0, 0.05) is 45.4 Å². The van der Waals surface area contributed by atoms with Crippen LogP contribution in [0.2, 0.25) is 0 Å². The maximum Gasteiger partial charge on any atom is 0.252 e. The van der Waals surface area contributed by atoms with Crippen LogP contribution in [0.25, 0.3) is 37.2 Å². The van der Waals surface area contributed by atoms with E-state index in [-0.39, 0.29) is 6.71 Å². The fourth-order valence-corrected chi connectivity index (χ4v) is 8.37. The van der Waals surface area contributed by atoms with E-state index in [9.17, 15) is 5.26 Å². The van der Waals surface area contributed by atoms with Gasteiger partial charge in [-0.1, -0.05) is 84.9 Å². The summed E-state index contributed by atoms with van der Waals surface area (Å²) in [5, 5.41) is 11.5. The number of rotatable bonds is 3. The second-order valence-corrected chi connectivity index (χ2v) is 13.0.